The molecule has 1 heterocycles. The number of sulfonamides is 1. The molecule has 0 aliphatic heterocycles. The third-order valence-electron chi connectivity index (χ3n) is 3.71. The first kappa shape index (κ1) is 21.8. The van der Waals surface area contributed by atoms with Crippen molar-refractivity contribution in [3.05, 3.63) is 40.4 Å². The van der Waals surface area contributed by atoms with E-state index in [9.17, 15) is 31.9 Å². The molecule has 14 heteroatoms. The molecular formula is C14H15F2N5O5PS+. The SMILES string of the molecule is N#Cc1cc2cnc(NCCCS(N)(=O)=O)cc2cc1C(F)(F)P(O)(O)=[N+]=O. The first-order chi connectivity index (χ1) is 12.9. The summed E-state index contributed by atoms with van der Waals surface area (Å²) in [5.74, 6) is -0.0316. The van der Waals surface area contributed by atoms with E-state index in [4.69, 9.17) is 10.4 Å². The highest BCUT2D eigenvalue weighted by Crippen LogP contribution is 2.59. The van der Waals surface area contributed by atoms with Crippen molar-refractivity contribution in [2.75, 3.05) is 17.6 Å². The van der Waals surface area contributed by atoms with Gasteiger partial charge in [-0.25, -0.2) is 18.5 Å². The van der Waals surface area contributed by atoms with Crippen LogP contribution in [0.25, 0.3) is 10.8 Å². The number of hydrogen-bond donors (Lipinski definition) is 4. The lowest BCUT2D eigenvalue weighted by molar-refractivity contribution is 0.0682. The van der Waals surface area contributed by atoms with Gasteiger partial charge in [0.15, 0.2) is 4.91 Å². The number of nitrogens with zero attached hydrogens (tertiary/aromatic N) is 3. The van der Waals surface area contributed by atoms with Gasteiger partial charge in [0.25, 0.3) is 0 Å². The van der Waals surface area contributed by atoms with Crippen LogP contribution >= 0.6 is 7.51 Å². The van der Waals surface area contributed by atoms with E-state index in [-0.39, 0.29) is 29.9 Å². The van der Waals surface area contributed by atoms with Crippen molar-refractivity contribution < 1.29 is 27.0 Å². The predicted octanol–water partition coefficient (Wildman–Crippen LogP) is 1.10. The fraction of sp³-hybridized carbons (Fsp3) is 0.286. The minimum Gasteiger partial charge on any atom is -0.370 e. The number of benzene rings is 1. The van der Waals surface area contributed by atoms with E-state index in [1.165, 1.54) is 18.3 Å². The van der Waals surface area contributed by atoms with E-state index in [1.54, 1.807) is 4.61 Å². The molecule has 2 rings (SSSR count). The molecule has 0 saturated carbocycles. The summed E-state index contributed by atoms with van der Waals surface area (Å²) in [6.07, 6.45) is 1.47. The monoisotopic (exact) mass is 434 g/mol. The molecule has 28 heavy (non-hydrogen) atoms. The number of fused-ring (bicyclic) bond motifs is 1. The molecule has 10 nitrogen and oxygen atoms in total. The van der Waals surface area contributed by atoms with Crippen LogP contribution in [-0.4, -0.2) is 35.5 Å². The summed E-state index contributed by atoms with van der Waals surface area (Å²) in [6, 6.07) is 4.78. The maximum absolute atomic E-state index is 14.4. The number of hydrogen-bond acceptors (Lipinski definition) is 6. The summed E-state index contributed by atoms with van der Waals surface area (Å²) >= 11 is 0. The van der Waals surface area contributed by atoms with Crippen LogP contribution < -0.4 is 15.1 Å². The van der Waals surface area contributed by atoms with E-state index in [0.29, 0.717) is 5.39 Å². The van der Waals surface area contributed by atoms with Crippen LogP contribution in [0.1, 0.15) is 17.5 Å². The van der Waals surface area contributed by atoms with Crippen molar-refractivity contribution in [2.45, 2.75) is 12.1 Å². The third-order valence-corrected chi connectivity index (χ3v) is 5.78. The van der Waals surface area contributed by atoms with Crippen molar-refractivity contribution in [2.24, 2.45) is 5.14 Å². The predicted molar refractivity (Wildman–Crippen MR) is 98.3 cm³/mol. The number of aromatic nitrogens is 1. The molecule has 0 saturated heterocycles. The number of primary sulfonamides is 1. The minimum absolute atomic E-state index is 0.170. The fourth-order valence-corrected chi connectivity index (χ4v) is 3.49. The Hall–Kier alpha value is -2.45. The number of anilines is 1. The second-order valence-corrected chi connectivity index (χ2v) is 9.36. The van der Waals surface area contributed by atoms with Gasteiger partial charge in [0, 0.05) is 18.1 Å². The molecular weight excluding hydrogens is 419 g/mol. The highest BCUT2D eigenvalue weighted by Gasteiger charge is 2.61. The quantitative estimate of drug-likeness (QED) is 0.284. The van der Waals surface area contributed by atoms with Gasteiger partial charge in [-0.05, 0) is 30.0 Å². The van der Waals surface area contributed by atoms with Gasteiger partial charge in [0.2, 0.25) is 14.6 Å². The Morgan fingerprint density at radius 2 is 2.00 bits per heavy atom. The molecule has 150 valence electrons. The van der Waals surface area contributed by atoms with Gasteiger partial charge in [-0.1, -0.05) is 0 Å². The summed E-state index contributed by atoms with van der Waals surface area (Å²) in [4.78, 5) is 33.1. The Morgan fingerprint density at radius 3 is 2.57 bits per heavy atom. The molecule has 0 radical (unpaired) electrons. The van der Waals surface area contributed by atoms with E-state index in [1.807, 2.05) is 0 Å². The number of nitroso groups, excluding NO2 is 1. The van der Waals surface area contributed by atoms with E-state index in [2.05, 4.69) is 10.3 Å². The molecule has 0 fully saturated rings. The largest absolute Gasteiger partial charge is 0.621 e. The average molecular weight is 434 g/mol. The summed E-state index contributed by atoms with van der Waals surface area (Å²) in [5, 5.41) is 17.3. The zero-order valence-corrected chi connectivity index (χ0v) is 15.8. The van der Waals surface area contributed by atoms with Crippen LogP contribution in [0.2, 0.25) is 0 Å². The summed E-state index contributed by atoms with van der Waals surface area (Å²) in [5.41, 5.74) is -6.06. The number of halogens is 2. The lowest BCUT2D eigenvalue weighted by Crippen LogP contribution is -2.19. The number of nitrogens with one attached hydrogen (secondary N) is 1. The Morgan fingerprint density at radius 1 is 1.32 bits per heavy atom. The van der Waals surface area contributed by atoms with Crippen LogP contribution in [0.4, 0.5) is 14.6 Å². The van der Waals surface area contributed by atoms with E-state index < -0.39 is 34.3 Å². The number of nitriles is 1. The second kappa shape index (κ2) is 7.89. The first-order valence-corrected chi connectivity index (χ1v) is 10.9. The van der Waals surface area contributed by atoms with Crippen molar-refractivity contribution in [1.29, 1.82) is 5.26 Å². The van der Waals surface area contributed by atoms with Gasteiger partial charge in [-0.2, -0.15) is 14.0 Å². The van der Waals surface area contributed by atoms with Crippen molar-refractivity contribution in [1.82, 2.24) is 9.59 Å². The molecule has 2 aromatic rings. The van der Waals surface area contributed by atoms with Crippen LogP contribution in [0.5, 0.6) is 0 Å². The summed E-state index contributed by atoms with van der Waals surface area (Å²) in [7, 11) is -9.14. The van der Waals surface area contributed by atoms with Gasteiger partial charge < -0.3 is 5.32 Å². The molecule has 1 aromatic heterocycles. The molecule has 5 N–H and O–H groups in total. The standard InChI is InChI=1S/C14H14F2N5O5PS/c15-14(16,27(23,24)21-22)12-5-9-6-13(19-2-1-3-28(18,25)26)20-8-11(9)4-10(12)7-17/h4-6,8H,1-3H2,(H4,18,19,20,23,24,25,26)/p+1. The maximum Gasteiger partial charge on any atom is 0.621 e. The lowest BCUT2D eigenvalue weighted by Gasteiger charge is -2.15. The van der Waals surface area contributed by atoms with Crippen LogP contribution in [0.3, 0.4) is 0 Å². The topological polar surface area (TPSA) is 180 Å². The van der Waals surface area contributed by atoms with Crippen molar-refractivity contribution in [3.8, 4) is 6.07 Å². The van der Waals surface area contributed by atoms with Gasteiger partial charge in [-0.15, -0.1) is 0 Å². The number of nitrogens with two attached hydrogens (primary N) is 1. The fourth-order valence-electron chi connectivity index (χ4n) is 2.33. The maximum atomic E-state index is 14.4. The summed E-state index contributed by atoms with van der Waals surface area (Å²) < 4.78 is 52.3. The molecule has 1 aromatic carbocycles. The average Bonchev–Trinajstić information content (AvgIpc) is 2.63. The molecule has 0 aliphatic rings. The van der Waals surface area contributed by atoms with Crippen molar-refractivity contribution >= 4 is 34.1 Å². The third kappa shape index (κ3) is 4.69. The van der Waals surface area contributed by atoms with E-state index in [0.717, 1.165) is 12.1 Å². The molecule has 0 atom stereocenters. The van der Waals surface area contributed by atoms with Gasteiger partial charge in [0.1, 0.15) is 5.82 Å². The van der Waals surface area contributed by atoms with Gasteiger partial charge in [-0.3, -0.25) is 9.79 Å². The first-order valence-electron chi connectivity index (χ1n) is 7.57. The van der Waals surface area contributed by atoms with Crippen LogP contribution in [0.15, 0.2) is 24.4 Å². The molecule has 0 unspecified atom stereocenters. The van der Waals surface area contributed by atoms with Gasteiger partial charge >= 0.3 is 13.2 Å². The summed E-state index contributed by atoms with van der Waals surface area (Å²) in [6.45, 7) is 0.186. The lowest BCUT2D eigenvalue weighted by atomic mass is 10.0. The second-order valence-electron chi connectivity index (χ2n) is 5.76. The highest BCUT2D eigenvalue weighted by molar-refractivity contribution is 7.89. The smallest absolute Gasteiger partial charge is 0.370 e. The van der Waals surface area contributed by atoms with Gasteiger partial charge in [0.05, 0.1) is 22.9 Å². The highest BCUT2D eigenvalue weighted by atomic mass is 32.2. The van der Waals surface area contributed by atoms with Crippen LogP contribution in [0, 0.1) is 16.2 Å². The van der Waals surface area contributed by atoms with Crippen LogP contribution in [-0.2, 0) is 15.7 Å². The van der Waals surface area contributed by atoms with Crippen molar-refractivity contribution in [3.63, 3.8) is 0 Å². The molecule has 0 amide bonds. The number of pyridine rings is 1. The molecule has 0 aliphatic carbocycles. The molecule has 0 bridgehead atoms. The van der Waals surface area contributed by atoms with E-state index >= 15 is 0 Å². The minimum atomic E-state index is -5.53. The Bertz CT molecular complexity index is 1140. The Kier molecular flexibility index (Phi) is 6.15. The Balaban J connectivity index is 2.43. The zero-order chi connectivity index (χ0) is 21.2. The normalized spacial score (nSPS) is 12.4. The Labute approximate surface area is 157 Å². The number of rotatable bonds is 7. The number of alkyl halides is 2. The zero-order valence-electron chi connectivity index (χ0n) is 14.1. The molecule has 0 spiro atoms.